The van der Waals surface area contributed by atoms with E-state index >= 15 is 0 Å². The van der Waals surface area contributed by atoms with Gasteiger partial charge in [-0.05, 0) is 39.0 Å². The van der Waals surface area contributed by atoms with E-state index in [0.29, 0.717) is 5.69 Å². The van der Waals surface area contributed by atoms with Crippen LogP contribution in [0.5, 0.6) is 0 Å². The molecule has 0 bridgehead atoms. The molecule has 0 saturated carbocycles. The van der Waals surface area contributed by atoms with E-state index in [1.807, 2.05) is 0 Å². The molecule has 3 rings (SSSR count). The smallest absolute Gasteiger partial charge is 0.327 e. The molecule has 8 nitrogen and oxygen atoms in total. The zero-order valence-electron chi connectivity index (χ0n) is 16.5. The van der Waals surface area contributed by atoms with Gasteiger partial charge >= 0.3 is 6.03 Å². The van der Waals surface area contributed by atoms with E-state index in [-0.39, 0.29) is 29.1 Å². The number of urea groups is 1. The second-order valence-electron chi connectivity index (χ2n) is 7.55. The third-order valence-corrected chi connectivity index (χ3v) is 5.84. The number of amides is 3. The van der Waals surface area contributed by atoms with Crippen LogP contribution in [-0.2, 0) is 10.3 Å². The second kappa shape index (κ2) is 7.14. The summed E-state index contributed by atoms with van der Waals surface area (Å²) >= 11 is 6.01. The average Bonchev–Trinajstić information content (AvgIpc) is 2.67. The molecule has 0 radical (unpaired) electrons. The Labute approximate surface area is 172 Å². The van der Waals surface area contributed by atoms with Crippen LogP contribution in [-0.4, -0.2) is 47.5 Å². The number of aliphatic imine (C=N–C) groups is 2. The van der Waals surface area contributed by atoms with Crippen molar-refractivity contribution in [2.24, 2.45) is 21.1 Å². The van der Waals surface area contributed by atoms with Gasteiger partial charge in [0.1, 0.15) is 16.5 Å². The summed E-state index contributed by atoms with van der Waals surface area (Å²) in [4.78, 5) is 36.2. The molecule has 1 aromatic carbocycles. The summed E-state index contributed by atoms with van der Waals surface area (Å²) in [5.41, 5.74) is 4.02. The number of carbonyl (C=O) groups is 2. The highest BCUT2D eigenvalue weighted by atomic mass is 35.5. The highest BCUT2D eigenvalue weighted by molar-refractivity contribution is 6.30. The minimum absolute atomic E-state index is 0.00446. The van der Waals surface area contributed by atoms with Crippen LogP contribution < -0.4 is 11.1 Å². The summed E-state index contributed by atoms with van der Waals surface area (Å²) in [6, 6.07) is 3.60. The Morgan fingerprint density at radius 3 is 2.69 bits per heavy atom. The molecule has 154 valence electrons. The molecule has 0 fully saturated rings. The Bertz CT molecular complexity index is 973. The number of hydrogen-bond donors (Lipinski definition) is 2. The summed E-state index contributed by atoms with van der Waals surface area (Å²) < 4.78 is 14.8. The lowest BCUT2D eigenvalue weighted by atomic mass is 9.67. The predicted octanol–water partition coefficient (Wildman–Crippen LogP) is 2.81. The molecule has 2 heterocycles. The highest BCUT2D eigenvalue weighted by Crippen LogP contribution is 2.47. The maximum absolute atomic E-state index is 14.8. The van der Waals surface area contributed by atoms with Crippen LogP contribution >= 0.6 is 11.6 Å². The van der Waals surface area contributed by atoms with Gasteiger partial charge in [-0.1, -0.05) is 11.6 Å². The Morgan fingerprint density at radius 2 is 2.03 bits per heavy atom. The Hall–Kier alpha value is -2.94. The minimum atomic E-state index is -1.28. The third kappa shape index (κ3) is 3.35. The minimum Gasteiger partial charge on any atom is -0.369 e. The largest absolute Gasteiger partial charge is 0.369 e. The molecule has 3 N–H and O–H groups in total. The molecular weight excluding hydrogens is 399 g/mol. The number of nitrogens with zero attached hydrogens (tertiary/aromatic N) is 4. The van der Waals surface area contributed by atoms with E-state index in [9.17, 15) is 14.0 Å². The van der Waals surface area contributed by atoms with Gasteiger partial charge in [-0.3, -0.25) is 19.6 Å². The third-order valence-electron chi connectivity index (χ3n) is 5.53. The molecule has 1 aromatic rings. The van der Waals surface area contributed by atoms with Crippen molar-refractivity contribution in [1.29, 1.82) is 0 Å². The van der Waals surface area contributed by atoms with Crippen molar-refractivity contribution < 1.29 is 14.0 Å². The van der Waals surface area contributed by atoms with Crippen molar-refractivity contribution in [3.05, 3.63) is 40.9 Å². The number of benzene rings is 1. The predicted molar refractivity (Wildman–Crippen MR) is 110 cm³/mol. The van der Waals surface area contributed by atoms with Gasteiger partial charge in [-0.25, -0.2) is 14.2 Å². The van der Waals surface area contributed by atoms with Crippen molar-refractivity contribution in [1.82, 2.24) is 9.80 Å². The topological polar surface area (TPSA) is 103 Å². The van der Waals surface area contributed by atoms with Gasteiger partial charge in [0.05, 0.1) is 18.2 Å². The molecule has 1 atom stereocenters. The fourth-order valence-electron chi connectivity index (χ4n) is 3.32. The molecule has 0 saturated heterocycles. The lowest BCUT2D eigenvalue weighted by molar-refractivity contribution is -0.140. The fraction of sp³-hybridized carbons (Fsp3) is 0.368. The van der Waals surface area contributed by atoms with Crippen molar-refractivity contribution in [2.45, 2.75) is 26.3 Å². The van der Waals surface area contributed by atoms with Gasteiger partial charge in [0.2, 0.25) is 5.91 Å². The first-order valence-electron chi connectivity index (χ1n) is 8.88. The highest BCUT2D eigenvalue weighted by Gasteiger charge is 2.53. The van der Waals surface area contributed by atoms with Gasteiger partial charge in [0.15, 0.2) is 5.96 Å². The molecular formula is C19H22ClFN6O2. The first-order valence-corrected chi connectivity index (χ1v) is 9.26. The number of nitrogens with two attached hydrogens (primary N) is 1. The molecule has 2 aliphatic rings. The molecule has 2 aliphatic heterocycles. The van der Waals surface area contributed by atoms with Gasteiger partial charge in [-0.2, -0.15) is 0 Å². The van der Waals surface area contributed by atoms with E-state index < -0.39 is 22.8 Å². The number of nitrogens with one attached hydrogen (secondary N) is 1. The Kier molecular flexibility index (Phi) is 5.12. The molecule has 3 amide bonds. The summed E-state index contributed by atoms with van der Waals surface area (Å²) in [7, 11) is 1.52. The SMILES string of the molecule is CN1C(=O)C(C)(C)[C@@](C)(c2cc(NC(=O)N3CC=NC=C3Cl)ccc2F)N=C1N. The van der Waals surface area contributed by atoms with E-state index in [1.165, 1.54) is 47.5 Å². The number of guanidine groups is 1. The standard InChI is InChI=1S/C19H22ClFN6O2/c1-18(2)15(28)26(4)16(22)25-19(18,3)12-9-11(5-6-13(12)21)24-17(29)27-8-7-23-10-14(27)20/h5-7,9-10H,8H2,1-4H3,(H2,22,25)(H,24,29)/t19-/m1/s1. The lowest BCUT2D eigenvalue weighted by Gasteiger charge is -2.46. The van der Waals surface area contributed by atoms with E-state index in [0.717, 1.165) is 0 Å². The molecule has 0 spiro atoms. The van der Waals surface area contributed by atoms with E-state index in [1.54, 1.807) is 20.8 Å². The zero-order valence-corrected chi connectivity index (χ0v) is 17.3. The lowest BCUT2D eigenvalue weighted by Crippen LogP contribution is -2.58. The van der Waals surface area contributed by atoms with Crippen LogP contribution in [0.15, 0.2) is 39.5 Å². The second-order valence-corrected chi connectivity index (χ2v) is 7.94. The molecule has 0 aromatic heterocycles. The Morgan fingerprint density at radius 1 is 1.34 bits per heavy atom. The average molecular weight is 421 g/mol. The molecule has 10 heteroatoms. The maximum Gasteiger partial charge on any atom is 0.327 e. The quantitative estimate of drug-likeness (QED) is 0.719. The van der Waals surface area contributed by atoms with Gasteiger partial charge < -0.3 is 11.1 Å². The number of hydrogen-bond acceptors (Lipinski definition) is 5. The van der Waals surface area contributed by atoms with E-state index in [2.05, 4.69) is 15.3 Å². The first-order chi connectivity index (χ1) is 13.5. The fourth-order valence-corrected chi connectivity index (χ4v) is 3.52. The van der Waals surface area contributed by atoms with Gasteiger partial charge in [0.25, 0.3) is 0 Å². The van der Waals surface area contributed by atoms with Crippen molar-refractivity contribution in [2.75, 3.05) is 18.9 Å². The monoisotopic (exact) mass is 420 g/mol. The number of anilines is 1. The number of rotatable bonds is 2. The summed E-state index contributed by atoms with van der Waals surface area (Å²) in [6.07, 6.45) is 2.89. The molecule has 0 aliphatic carbocycles. The molecule has 0 unspecified atom stereocenters. The summed E-state index contributed by atoms with van der Waals surface area (Å²) in [6.45, 7) is 5.23. The van der Waals surface area contributed by atoms with Crippen molar-refractivity contribution in [3.8, 4) is 0 Å². The molecule has 29 heavy (non-hydrogen) atoms. The normalized spacial score (nSPS) is 23.6. The summed E-state index contributed by atoms with van der Waals surface area (Å²) in [5.74, 6) is -0.850. The van der Waals surface area contributed by atoms with Crippen LogP contribution in [0.4, 0.5) is 14.9 Å². The van der Waals surface area contributed by atoms with Crippen LogP contribution in [0.2, 0.25) is 0 Å². The summed E-state index contributed by atoms with van der Waals surface area (Å²) in [5, 5.41) is 2.85. The van der Waals surface area contributed by atoms with Crippen LogP contribution in [0.25, 0.3) is 0 Å². The number of halogens is 2. The Balaban J connectivity index is 1.99. The zero-order chi connectivity index (χ0) is 21.6. The maximum atomic E-state index is 14.8. The van der Waals surface area contributed by atoms with Crippen molar-refractivity contribution in [3.63, 3.8) is 0 Å². The van der Waals surface area contributed by atoms with Crippen LogP contribution in [0.3, 0.4) is 0 Å². The number of carbonyl (C=O) groups excluding carboxylic acids is 2. The first kappa shape index (κ1) is 20.8. The van der Waals surface area contributed by atoms with Crippen molar-refractivity contribution >= 4 is 41.4 Å². The van der Waals surface area contributed by atoms with Gasteiger partial charge in [-0.15, -0.1) is 0 Å². The van der Waals surface area contributed by atoms with E-state index in [4.69, 9.17) is 17.3 Å². The van der Waals surface area contributed by atoms with Crippen LogP contribution in [0, 0.1) is 11.2 Å². The van der Waals surface area contributed by atoms with Crippen LogP contribution in [0.1, 0.15) is 26.3 Å². The van der Waals surface area contributed by atoms with Gasteiger partial charge in [0, 0.05) is 24.5 Å².